The maximum atomic E-state index is 12.5. The van der Waals surface area contributed by atoms with E-state index in [1.165, 1.54) is 22.3 Å². The summed E-state index contributed by atoms with van der Waals surface area (Å²) >= 11 is 0. The number of carbonyl (C=O) groups excluding carboxylic acids is 1. The van der Waals surface area contributed by atoms with Crippen LogP contribution in [0.5, 0.6) is 5.75 Å². The van der Waals surface area contributed by atoms with Gasteiger partial charge < -0.3 is 14.5 Å². The summed E-state index contributed by atoms with van der Waals surface area (Å²) < 4.78 is 12.0. The van der Waals surface area contributed by atoms with Gasteiger partial charge in [0, 0.05) is 32.0 Å². The summed E-state index contributed by atoms with van der Waals surface area (Å²) in [6.07, 6.45) is 4.39. The first-order valence-corrected chi connectivity index (χ1v) is 13.6. The lowest BCUT2D eigenvalue weighted by Crippen LogP contribution is -2.35. The van der Waals surface area contributed by atoms with Crippen molar-refractivity contribution < 1.29 is 13.9 Å². The van der Waals surface area contributed by atoms with Gasteiger partial charge in [0.25, 0.3) is 5.91 Å². The van der Waals surface area contributed by atoms with Crippen molar-refractivity contribution in [1.82, 2.24) is 15.2 Å². The summed E-state index contributed by atoms with van der Waals surface area (Å²) in [5.41, 5.74) is 6.16. The number of ether oxygens (including phenoxy) is 1. The minimum absolute atomic E-state index is 0.132. The quantitative estimate of drug-likeness (QED) is 0.242. The van der Waals surface area contributed by atoms with Crippen molar-refractivity contribution in [1.29, 1.82) is 0 Å². The van der Waals surface area contributed by atoms with Gasteiger partial charge >= 0.3 is 0 Å². The largest absolute Gasteiger partial charge is 0.486 e. The van der Waals surface area contributed by atoms with Crippen LogP contribution in [0.1, 0.15) is 50.2 Å². The highest BCUT2D eigenvalue weighted by Crippen LogP contribution is 2.38. The number of rotatable bonds is 9. The molecular weight excluding hydrogens is 498 g/mol. The third-order valence-corrected chi connectivity index (χ3v) is 7.26. The maximum Gasteiger partial charge on any atom is 0.287 e. The molecular formula is C34H31N3O3. The van der Waals surface area contributed by atoms with Gasteiger partial charge in [-0.15, -0.1) is 0 Å². The number of hydrogen-bond acceptors (Lipinski definition) is 5. The van der Waals surface area contributed by atoms with Crippen LogP contribution in [0.2, 0.25) is 0 Å². The van der Waals surface area contributed by atoms with Crippen LogP contribution in [-0.2, 0) is 26.1 Å². The fourth-order valence-electron chi connectivity index (χ4n) is 5.25. The number of furan rings is 1. The molecule has 1 N–H and O–H groups in total. The first-order chi connectivity index (χ1) is 19.7. The van der Waals surface area contributed by atoms with Gasteiger partial charge in [-0.25, -0.2) is 0 Å². The molecule has 3 heterocycles. The van der Waals surface area contributed by atoms with Crippen LogP contribution < -0.4 is 10.1 Å². The van der Waals surface area contributed by atoms with E-state index in [1.54, 1.807) is 24.5 Å². The Morgan fingerprint density at radius 3 is 2.48 bits per heavy atom. The monoisotopic (exact) mass is 529 g/mol. The Morgan fingerprint density at radius 2 is 1.68 bits per heavy atom. The van der Waals surface area contributed by atoms with Crippen LogP contribution in [0.25, 0.3) is 0 Å². The molecule has 1 amide bonds. The summed E-state index contributed by atoms with van der Waals surface area (Å²) in [5, 5.41) is 2.87. The number of aromatic nitrogens is 1. The van der Waals surface area contributed by atoms with E-state index < -0.39 is 0 Å². The molecule has 1 aliphatic heterocycles. The average Bonchev–Trinajstić information content (AvgIpc) is 3.49. The molecule has 2 aromatic heterocycles. The number of fused-ring (bicyclic) bond motifs is 1. The van der Waals surface area contributed by atoms with Gasteiger partial charge in [0.15, 0.2) is 5.76 Å². The highest BCUT2D eigenvalue weighted by atomic mass is 16.5. The van der Waals surface area contributed by atoms with Gasteiger partial charge in [0.2, 0.25) is 0 Å². The number of benzene rings is 3. The van der Waals surface area contributed by atoms with Crippen LogP contribution in [-0.4, -0.2) is 22.3 Å². The van der Waals surface area contributed by atoms with Crippen molar-refractivity contribution >= 4 is 5.91 Å². The number of nitrogens with one attached hydrogen (secondary N) is 1. The SMILES string of the molecule is O=C(NCc1ccncc1)c1ccc(COc2ccc3c(c2)[C@H](c2ccccc2)N(Cc2ccccc2)CC3)o1. The Morgan fingerprint density at radius 1 is 0.900 bits per heavy atom. The lowest BCUT2D eigenvalue weighted by molar-refractivity contribution is 0.0919. The predicted octanol–water partition coefficient (Wildman–Crippen LogP) is 6.33. The van der Waals surface area contributed by atoms with Gasteiger partial charge in [-0.05, 0) is 70.6 Å². The number of nitrogens with zero attached hydrogens (tertiary/aromatic N) is 2. The van der Waals surface area contributed by atoms with Crippen molar-refractivity contribution in [2.75, 3.05) is 6.54 Å². The molecule has 6 heteroatoms. The van der Waals surface area contributed by atoms with E-state index in [0.717, 1.165) is 30.8 Å². The number of carbonyl (C=O) groups is 1. The molecule has 0 saturated carbocycles. The van der Waals surface area contributed by atoms with E-state index in [-0.39, 0.29) is 24.3 Å². The normalized spacial score (nSPS) is 14.8. The van der Waals surface area contributed by atoms with Gasteiger partial charge in [-0.2, -0.15) is 0 Å². The highest BCUT2D eigenvalue weighted by Gasteiger charge is 2.29. The average molecular weight is 530 g/mol. The van der Waals surface area contributed by atoms with Crippen molar-refractivity contribution in [3.8, 4) is 5.75 Å². The van der Waals surface area contributed by atoms with Crippen LogP contribution in [0.15, 0.2) is 120 Å². The number of hydrogen-bond donors (Lipinski definition) is 1. The third kappa shape index (κ3) is 5.98. The zero-order valence-corrected chi connectivity index (χ0v) is 22.2. The fraction of sp³-hybridized carbons (Fsp3) is 0.176. The van der Waals surface area contributed by atoms with E-state index in [4.69, 9.17) is 9.15 Å². The lowest BCUT2D eigenvalue weighted by Gasteiger charge is -2.38. The minimum atomic E-state index is -0.263. The van der Waals surface area contributed by atoms with Crippen molar-refractivity contribution in [2.24, 2.45) is 0 Å². The van der Waals surface area contributed by atoms with Crippen LogP contribution in [0, 0.1) is 0 Å². The lowest BCUT2D eigenvalue weighted by atomic mass is 9.87. The molecule has 0 spiro atoms. The second kappa shape index (κ2) is 12.0. The van der Waals surface area contributed by atoms with Gasteiger partial charge in [-0.1, -0.05) is 66.7 Å². The molecule has 6 nitrogen and oxygen atoms in total. The van der Waals surface area contributed by atoms with Gasteiger partial charge in [0.05, 0.1) is 6.04 Å². The Labute approximate surface area is 234 Å². The minimum Gasteiger partial charge on any atom is -0.486 e. The molecule has 0 bridgehead atoms. The highest BCUT2D eigenvalue weighted by molar-refractivity contribution is 5.91. The molecule has 3 aromatic carbocycles. The second-order valence-corrected chi connectivity index (χ2v) is 9.97. The molecule has 0 aliphatic carbocycles. The van der Waals surface area contributed by atoms with Crippen LogP contribution >= 0.6 is 0 Å². The van der Waals surface area contributed by atoms with Crippen molar-refractivity contribution in [3.05, 3.63) is 155 Å². The van der Waals surface area contributed by atoms with E-state index in [0.29, 0.717) is 12.3 Å². The predicted molar refractivity (Wildman–Crippen MR) is 154 cm³/mol. The Bertz CT molecular complexity index is 1550. The molecule has 0 saturated heterocycles. The number of pyridine rings is 1. The maximum absolute atomic E-state index is 12.5. The Hall–Kier alpha value is -4.68. The van der Waals surface area contributed by atoms with Gasteiger partial charge in [-0.3, -0.25) is 14.7 Å². The van der Waals surface area contributed by atoms with Crippen LogP contribution in [0.3, 0.4) is 0 Å². The second-order valence-electron chi connectivity index (χ2n) is 9.97. The summed E-state index contributed by atoms with van der Waals surface area (Å²) in [6.45, 7) is 2.51. The molecule has 5 aromatic rings. The van der Waals surface area contributed by atoms with E-state index >= 15 is 0 Å². The topological polar surface area (TPSA) is 67.6 Å². The summed E-state index contributed by atoms with van der Waals surface area (Å²) in [7, 11) is 0. The molecule has 6 rings (SSSR count). The zero-order chi connectivity index (χ0) is 27.1. The molecule has 1 atom stereocenters. The summed E-state index contributed by atoms with van der Waals surface area (Å²) in [5.74, 6) is 1.37. The number of amides is 1. The van der Waals surface area contributed by atoms with E-state index in [2.05, 4.69) is 88.0 Å². The first kappa shape index (κ1) is 25.6. The first-order valence-electron chi connectivity index (χ1n) is 13.6. The Balaban J connectivity index is 1.16. The summed E-state index contributed by atoms with van der Waals surface area (Å²) in [4.78, 5) is 19.1. The van der Waals surface area contributed by atoms with Crippen LogP contribution in [0.4, 0.5) is 0 Å². The van der Waals surface area contributed by atoms with E-state index in [9.17, 15) is 4.79 Å². The standard InChI is InChI=1S/C34H31N3O3/c38-34(36-22-25-15-18-35-19-16-25)32-14-13-30(40-32)24-39-29-12-11-27-17-20-37(23-26-7-3-1-4-8-26)33(31(27)21-29)28-9-5-2-6-10-28/h1-16,18-19,21,33H,17,20,22-24H2,(H,36,38)/t33-/m0/s1. The van der Waals surface area contributed by atoms with Crippen molar-refractivity contribution in [2.45, 2.75) is 32.2 Å². The van der Waals surface area contributed by atoms with Crippen molar-refractivity contribution in [3.63, 3.8) is 0 Å². The molecule has 0 radical (unpaired) electrons. The third-order valence-electron chi connectivity index (χ3n) is 7.26. The zero-order valence-electron chi connectivity index (χ0n) is 22.2. The molecule has 40 heavy (non-hydrogen) atoms. The molecule has 200 valence electrons. The Kier molecular flexibility index (Phi) is 7.69. The molecule has 0 unspecified atom stereocenters. The smallest absolute Gasteiger partial charge is 0.287 e. The molecule has 0 fully saturated rings. The fourth-order valence-corrected chi connectivity index (χ4v) is 5.25. The molecule has 1 aliphatic rings. The van der Waals surface area contributed by atoms with E-state index in [1.807, 2.05) is 18.2 Å². The summed E-state index contributed by atoms with van der Waals surface area (Å²) in [6, 6.07) is 35.0. The van der Waals surface area contributed by atoms with Gasteiger partial charge in [0.1, 0.15) is 18.1 Å².